The summed E-state index contributed by atoms with van der Waals surface area (Å²) >= 11 is 0. The molecular weight excluding hydrogens is 276 g/mol. The summed E-state index contributed by atoms with van der Waals surface area (Å²) in [4.78, 5) is 0. The van der Waals surface area contributed by atoms with Crippen molar-refractivity contribution in [1.29, 1.82) is 0 Å². The van der Waals surface area contributed by atoms with E-state index in [0.717, 1.165) is 11.8 Å². The normalized spacial score (nSPS) is 21.4. The van der Waals surface area contributed by atoms with Crippen molar-refractivity contribution in [3.05, 3.63) is 58.7 Å². The van der Waals surface area contributed by atoms with Crippen LogP contribution in [0.25, 0.3) is 11.1 Å². The quantitative estimate of drug-likeness (QED) is 0.579. The molecule has 2 aromatic carbocycles. The van der Waals surface area contributed by atoms with E-state index in [-0.39, 0.29) is 1.43 Å². The Hall–Kier alpha value is -1.56. The first-order valence-corrected chi connectivity index (χ1v) is 9.20. The van der Waals surface area contributed by atoms with Crippen molar-refractivity contribution in [2.45, 2.75) is 59.8 Å². The van der Waals surface area contributed by atoms with Gasteiger partial charge in [-0.15, -0.1) is 0 Å². The molecule has 0 saturated heterocycles. The average Bonchev–Trinajstić information content (AvgIpc) is 2.55. The Kier molecular flexibility index (Phi) is 4.90. The predicted octanol–water partition coefficient (Wildman–Crippen LogP) is 6.89. The second-order valence-electron chi connectivity index (χ2n) is 7.76. The smallest absolute Gasteiger partial charge is 0 e. The predicted molar refractivity (Wildman–Crippen MR) is 103 cm³/mol. The first kappa shape index (κ1) is 16.3. The molecule has 0 aromatic heterocycles. The van der Waals surface area contributed by atoms with Gasteiger partial charge in [0.15, 0.2) is 0 Å². The summed E-state index contributed by atoms with van der Waals surface area (Å²) in [5, 5.41) is 0. The van der Waals surface area contributed by atoms with E-state index in [1.807, 2.05) is 0 Å². The highest BCUT2D eigenvalue weighted by Gasteiger charge is 2.18. The second-order valence-corrected chi connectivity index (χ2v) is 7.76. The molecule has 0 nitrogen and oxygen atoms in total. The first-order valence-electron chi connectivity index (χ1n) is 9.20. The van der Waals surface area contributed by atoms with Gasteiger partial charge in [0.2, 0.25) is 0 Å². The van der Waals surface area contributed by atoms with Gasteiger partial charge in [-0.1, -0.05) is 56.2 Å². The van der Waals surface area contributed by atoms with Crippen LogP contribution in [0, 0.1) is 32.6 Å². The number of hydrogen-bond acceptors (Lipinski definition) is 0. The third-order valence-corrected chi connectivity index (χ3v) is 5.87. The van der Waals surface area contributed by atoms with Crippen LogP contribution < -0.4 is 0 Å². The minimum Gasteiger partial charge on any atom is -0.0625 e. The molecule has 0 spiro atoms. The number of benzene rings is 2. The Labute approximate surface area is 143 Å². The van der Waals surface area contributed by atoms with Gasteiger partial charge in [-0.05, 0) is 85.3 Å². The van der Waals surface area contributed by atoms with Crippen LogP contribution in [0.1, 0.15) is 56.3 Å². The summed E-state index contributed by atoms with van der Waals surface area (Å²) in [6.45, 7) is 9.04. The van der Waals surface area contributed by atoms with Crippen LogP contribution in [-0.2, 0) is 6.42 Å². The highest BCUT2D eigenvalue weighted by molar-refractivity contribution is 5.66. The van der Waals surface area contributed by atoms with E-state index in [4.69, 9.17) is 0 Å². The van der Waals surface area contributed by atoms with Crippen molar-refractivity contribution < 1.29 is 1.43 Å². The average molecular weight is 309 g/mol. The van der Waals surface area contributed by atoms with E-state index >= 15 is 0 Å². The fraction of sp³-hybridized carbons (Fsp3) is 0.478. The van der Waals surface area contributed by atoms with Gasteiger partial charge in [-0.25, -0.2) is 0 Å². The van der Waals surface area contributed by atoms with Crippen molar-refractivity contribution in [2.75, 3.05) is 0 Å². The molecule has 0 unspecified atom stereocenters. The Morgan fingerprint density at radius 3 is 1.96 bits per heavy atom. The maximum absolute atomic E-state index is 2.40. The summed E-state index contributed by atoms with van der Waals surface area (Å²) in [7, 11) is 0. The van der Waals surface area contributed by atoms with Gasteiger partial charge < -0.3 is 0 Å². The first-order chi connectivity index (χ1) is 11.0. The van der Waals surface area contributed by atoms with Crippen molar-refractivity contribution in [3.8, 4) is 11.1 Å². The number of hydrogen-bond donors (Lipinski definition) is 0. The summed E-state index contributed by atoms with van der Waals surface area (Å²) in [5.74, 6) is 1.85. The zero-order valence-electron chi connectivity index (χ0n) is 15.2. The van der Waals surface area contributed by atoms with E-state index < -0.39 is 0 Å². The van der Waals surface area contributed by atoms with Crippen molar-refractivity contribution >= 4 is 0 Å². The van der Waals surface area contributed by atoms with Crippen LogP contribution in [-0.4, -0.2) is 0 Å². The van der Waals surface area contributed by atoms with Crippen LogP contribution in [0.5, 0.6) is 0 Å². The Morgan fingerprint density at radius 2 is 1.39 bits per heavy atom. The highest BCUT2D eigenvalue weighted by atomic mass is 14.2. The zero-order valence-corrected chi connectivity index (χ0v) is 15.2. The van der Waals surface area contributed by atoms with E-state index in [1.54, 1.807) is 0 Å². The largest absolute Gasteiger partial charge is 0.0625 e. The Morgan fingerprint density at radius 1 is 0.826 bits per heavy atom. The molecule has 0 amide bonds. The van der Waals surface area contributed by atoms with Gasteiger partial charge in [0.1, 0.15) is 0 Å². The van der Waals surface area contributed by atoms with Crippen molar-refractivity contribution in [2.24, 2.45) is 11.8 Å². The molecule has 0 aliphatic heterocycles. The topological polar surface area (TPSA) is 0 Å². The van der Waals surface area contributed by atoms with Crippen LogP contribution >= 0.6 is 0 Å². The molecule has 0 heterocycles. The number of rotatable bonds is 3. The second kappa shape index (κ2) is 6.91. The molecule has 2 aromatic rings. The monoisotopic (exact) mass is 308 g/mol. The zero-order chi connectivity index (χ0) is 16.4. The molecule has 0 radical (unpaired) electrons. The Bertz CT molecular complexity index is 638. The maximum atomic E-state index is 2.40. The molecule has 0 heteroatoms. The van der Waals surface area contributed by atoms with Crippen molar-refractivity contribution in [3.63, 3.8) is 0 Å². The number of aryl methyl sites for hydroxylation is 2. The fourth-order valence-corrected chi connectivity index (χ4v) is 3.90. The van der Waals surface area contributed by atoms with Crippen molar-refractivity contribution in [1.82, 2.24) is 0 Å². The molecule has 1 saturated carbocycles. The third-order valence-electron chi connectivity index (χ3n) is 5.87. The summed E-state index contributed by atoms with van der Waals surface area (Å²) in [6, 6.07) is 13.9. The van der Waals surface area contributed by atoms with Gasteiger partial charge in [0.05, 0.1) is 0 Å². The molecule has 0 atom stereocenters. The van der Waals surface area contributed by atoms with Crippen LogP contribution in [0.3, 0.4) is 0 Å². The summed E-state index contributed by atoms with van der Waals surface area (Å²) in [5.41, 5.74) is 8.40. The minimum atomic E-state index is 0. The Balaban J connectivity index is 0.00000208. The lowest BCUT2D eigenvalue weighted by Gasteiger charge is -2.26. The van der Waals surface area contributed by atoms with Gasteiger partial charge >= 0.3 is 0 Å². The molecule has 0 bridgehead atoms. The summed E-state index contributed by atoms with van der Waals surface area (Å²) in [6.07, 6.45) is 6.94. The highest BCUT2D eigenvalue weighted by Crippen LogP contribution is 2.31. The molecule has 124 valence electrons. The van der Waals surface area contributed by atoms with E-state index in [1.165, 1.54) is 65.5 Å². The van der Waals surface area contributed by atoms with Gasteiger partial charge in [0.25, 0.3) is 0 Å². The van der Waals surface area contributed by atoms with Gasteiger partial charge in [-0.3, -0.25) is 0 Å². The lowest BCUT2D eigenvalue weighted by Crippen LogP contribution is -2.14. The molecule has 1 aliphatic rings. The van der Waals surface area contributed by atoms with Gasteiger partial charge in [-0.2, -0.15) is 0 Å². The van der Waals surface area contributed by atoms with E-state index in [9.17, 15) is 0 Å². The van der Waals surface area contributed by atoms with Crippen LogP contribution in [0.4, 0.5) is 0 Å². The lowest BCUT2D eigenvalue weighted by molar-refractivity contribution is 0.289. The molecule has 0 N–H and O–H groups in total. The SMILES string of the molecule is Cc1cc(-c2ccc(CC3CCC(C)CC3)cc2)cc(C)c1C.[HH]. The standard InChI is InChI=1S/C23H30.H2/c1-16-5-7-20(8-6-16)15-21-9-11-22(12-10-21)23-13-17(2)19(4)18(3)14-23;/h9-14,16,20H,5-8,15H2,1-4H3;1H. The maximum Gasteiger partial charge on any atom is 0 e. The van der Waals surface area contributed by atoms with E-state index in [2.05, 4.69) is 64.1 Å². The van der Waals surface area contributed by atoms with Gasteiger partial charge in [0, 0.05) is 1.43 Å². The molecule has 3 rings (SSSR count). The summed E-state index contributed by atoms with van der Waals surface area (Å²) < 4.78 is 0. The fourth-order valence-electron chi connectivity index (χ4n) is 3.90. The minimum absolute atomic E-state index is 0. The molecule has 1 fully saturated rings. The van der Waals surface area contributed by atoms with E-state index in [0.29, 0.717) is 0 Å². The molecule has 23 heavy (non-hydrogen) atoms. The lowest BCUT2D eigenvalue weighted by atomic mass is 9.80. The van der Waals surface area contributed by atoms with Crippen LogP contribution in [0.15, 0.2) is 36.4 Å². The third kappa shape index (κ3) is 3.86. The molecule has 1 aliphatic carbocycles. The molecular formula is C23H32. The van der Waals surface area contributed by atoms with Crippen LogP contribution in [0.2, 0.25) is 0 Å².